The molecule has 0 radical (unpaired) electrons. The summed E-state index contributed by atoms with van der Waals surface area (Å²) in [6.45, 7) is 8.61. The quantitative estimate of drug-likeness (QED) is 0.347. The molecule has 1 atom stereocenters. The smallest absolute Gasteiger partial charge is 0.271 e. The fourth-order valence-corrected chi connectivity index (χ4v) is 5.66. The van der Waals surface area contributed by atoms with E-state index in [9.17, 15) is 9.59 Å². The molecule has 1 unspecified atom stereocenters. The molecule has 2 aliphatic rings. The second-order valence-electron chi connectivity index (χ2n) is 10.1. The minimum atomic E-state index is -1.06. The van der Waals surface area contributed by atoms with E-state index in [-0.39, 0.29) is 17.9 Å². The fraction of sp³-hybridized carbons (Fsp3) is 0.438. The maximum atomic E-state index is 14.3. The third kappa shape index (κ3) is 5.50. The number of nitrogens with zero attached hydrogens (tertiary/aromatic N) is 2. The first-order chi connectivity index (χ1) is 18.5. The summed E-state index contributed by atoms with van der Waals surface area (Å²) in [6, 6.07) is 13.9. The van der Waals surface area contributed by atoms with Gasteiger partial charge in [-0.25, -0.2) is 0 Å². The van der Waals surface area contributed by atoms with Crippen LogP contribution in [0.4, 0.5) is 0 Å². The molecule has 0 spiro atoms. The summed E-state index contributed by atoms with van der Waals surface area (Å²) in [6.07, 6.45) is 13.8. The van der Waals surface area contributed by atoms with Crippen molar-refractivity contribution >= 4 is 22.9 Å². The van der Waals surface area contributed by atoms with Crippen molar-refractivity contribution in [3.8, 4) is 0 Å². The normalized spacial score (nSPS) is 20.1. The van der Waals surface area contributed by atoms with Crippen LogP contribution in [0.5, 0.6) is 0 Å². The first-order valence-corrected chi connectivity index (χ1v) is 14.1. The molecule has 202 valence electrons. The lowest BCUT2D eigenvalue weighted by Gasteiger charge is -2.46. The zero-order chi connectivity index (χ0) is 27.1. The number of carbonyl (C=O) groups excluding carboxylic acids is 2. The van der Waals surface area contributed by atoms with Gasteiger partial charge in [0.05, 0.1) is 12.1 Å². The molecule has 1 fully saturated rings. The molecule has 3 aromatic rings. The Morgan fingerprint density at radius 1 is 1.11 bits per heavy atom. The highest BCUT2D eigenvalue weighted by atomic mass is 16.3. The lowest BCUT2D eigenvalue weighted by atomic mass is 9.86. The Balaban J connectivity index is 0.00000164. The van der Waals surface area contributed by atoms with Crippen molar-refractivity contribution in [2.75, 3.05) is 0 Å². The van der Waals surface area contributed by atoms with Crippen molar-refractivity contribution < 1.29 is 14.0 Å². The average Bonchev–Trinajstić information content (AvgIpc) is 3.47. The van der Waals surface area contributed by atoms with Crippen LogP contribution in [0.2, 0.25) is 0 Å². The van der Waals surface area contributed by atoms with Gasteiger partial charge in [0.1, 0.15) is 17.0 Å². The number of aromatic nitrogens is 1. The number of amides is 2. The van der Waals surface area contributed by atoms with E-state index in [1.807, 2.05) is 99.0 Å². The molecule has 0 saturated heterocycles. The standard InChI is InChI=1S/C30H35N3O3.C2H6/c1-3-4-5-12-17-30(29(35)31-24-15-10-7-11-16-24)21-32-25-18-22(2)36-27(25)19-26(32)28(34)33(30)20-23-13-8-6-9-14-23;1-2/h3-6,8-9,12-14,18-19,24H,7,10-11,15-17,20-21H2,1-2H3,(H,31,35);1-2H3/b4-3-,12-5-;. The molecule has 1 aliphatic carbocycles. The molecule has 0 bridgehead atoms. The van der Waals surface area contributed by atoms with E-state index >= 15 is 0 Å². The number of hydrogen-bond acceptors (Lipinski definition) is 3. The molecular formula is C32H41N3O3. The van der Waals surface area contributed by atoms with E-state index < -0.39 is 5.54 Å². The molecule has 38 heavy (non-hydrogen) atoms. The Bertz CT molecular complexity index is 1290. The maximum absolute atomic E-state index is 14.3. The number of furan rings is 1. The van der Waals surface area contributed by atoms with Gasteiger partial charge in [0, 0.05) is 24.7 Å². The van der Waals surface area contributed by atoms with Crippen LogP contribution in [-0.4, -0.2) is 32.9 Å². The molecule has 2 aromatic heterocycles. The van der Waals surface area contributed by atoms with Crippen LogP contribution in [0, 0.1) is 6.92 Å². The topological polar surface area (TPSA) is 67.5 Å². The Morgan fingerprint density at radius 3 is 2.55 bits per heavy atom. The predicted octanol–water partition coefficient (Wildman–Crippen LogP) is 6.94. The van der Waals surface area contributed by atoms with Gasteiger partial charge in [0.25, 0.3) is 5.91 Å². The van der Waals surface area contributed by atoms with Crippen molar-refractivity contribution in [2.45, 2.75) is 90.9 Å². The predicted molar refractivity (Wildman–Crippen MR) is 153 cm³/mol. The van der Waals surface area contributed by atoms with Crippen LogP contribution in [0.1, 0.15) is 81.1 Å². The summed E-state index contributed by atoms with van der Waals surface area (Å²) < 4.78 is 7.86. The van der Waals surface area contributed by atoms with Crippen LogP contribution >= 0.6 is 0 Å². The number of allylic oxidation sites excluding steroid dienone is 3. The molecular weight excluding hydrogens is 474 g/mol. The van der Waals surface area contributed by atoms with Crippen molar-refractivity contribution in [2.24, 2.45) is 0 Å². The number of nitrogens with one attached hydrogen (secondary N) is 1. The third-order valence-corrected chi connectivity index (χ3v) is 7.56. The molecule has 1 aromatic carbocycles. The van der Waals surface area contributed by atoms with Crippen molar-refractivity contribution in [1.82, 2.24) is 14.8 Å². The number of benzene rings is 1. The number of carbonyl (C=O) groups is 2. The Labute approximate surface area is 226 Å². The summed E-state index contributed by atoms with van der Waals surface area (Å²) in [5, 5.41) is 3.36. The lowest BCUT2D eigenvalue weighted by molar-refractivity contribution is -0.135. The Hall–Kier alpha value is -3.54. The fourth-order valence-electron chi connectivity index (χ4n) is 5.66. The monoisotopic (exact) mass is 515 g/mol. The maximum Gasteiger partial charge on any atom is 0.271 e. The molecule has 6 nitrogen and oxygen atoms in total. The van der Waals surface area contributed by atoms with Gasteiger partial charge < -0.3 is 19.2 Å². The van der Waals surface area contributed by atoms with E-state index in [1.54, 1.807) is 4.90 Å². The van der Waals surface area contributed by atoms with Crippen molar-refractivity contribution in [3.05, 3.63) is 83.8 Å². The van der Waals surface area contributed by atoms with E-state index in [0.717, 1.165) is 42.5 Å². The van der Waals surface area contributed by atoms with E-state index in [4.69, 9.17) is 4.42 Å². The molecule has 2 amide bonds. The average molecular weight is 516 g/mol. The van der Waals surface area contributed by atoms with Crippen LogP contribution in [0.3, 0.4) is 0 Å². The van der Waals surface area contributed by atoms with Gasteiger partial charge in [0.15, 0.2) is 5.58 Å². The van der Waals surface area contributed by atoms with E-state index in [2.05, 4.69) is 5.32 Å². The van der Waals surface area contributed by atoms with Crippen molar-refractivity contribution in [1.29, 1.82) is 0 Å². The second kappa shape index (κ2) is 12.3. The minimum absolute atomic E-state index is 0.0727. The highest BCUT2D eigenvalue weighted by Gasteiger charge is 2.51. The number of aryl methyl sites for hydroxylation is 1. The van der Waals surface area contributed by atoms with Crippen LogP contribution in [-0.2, 0) is 17.9 Å². The van der Waals surface area contributed by atoms with Gasteiger partial charge in [0.2, 0.25) is 5.91 Å². The van der Waals surface area contributed by atoms with Gasteiger partial charge in [-0.05, 0) is 38.7 Å². The van der Waals surface area contributed by atoms with Gasteiger partial charge in [-0.15, -0.1) is 0 Å². The first-order valence-electron chi connectivity index (χ1n) is 14.1. The number of rotatable bonds is 7. The summed E-state index contributed by atoms with van der Waals surface area (Å²) >= 11 is 0. The van der Waals surface area contributed by atoms with Gasteiger partial charge in [-0.3, -0.25) is 9.59 Å². The highest BCUT2D eigenvalue weighted by molar-refractivity contribution is 6.03. The van der Waals surface area contributed by atoms with Gasteiger partial charge in [-0.1, -0.05) is 87.7 Å². The third-order valence-electron chi connectivity index (χ3n) is 7.56. The summed E-state index contributed by atoms with van der Waals surface area (Å²) in [4.78, 5) is 30.2. The van der Waals surface area contributed by atoms with Crippen LogP contribution in [0.25, 0.3) is 11.1 Å². The minimum Gasteiger partial charge on any atom is -0.460 e. The van der Waals surface area contributed by atoms with Gasteiger partial charge in [-0.2, -0.15) is 0 Å². The molecule has 6 heteroatoms. The summed E-state index contributed by atoms with van der Waals surface area (Å²) in [5.41, 5.74) is 2.05. The Morgan fingerprint density at radius 2 is 1.84 bits per heavy atom. The van der Waals surface area contributed by atoms with Crippen LogP contribution in [0.15, 0.2) is 71.2 Å². The molecule has 1 aliphatic heterocycles. The number of fused-ring (bicyclic) bond motifs is 3. The number of hydrogen-bond donors (Lipinski definition) is 1. The van der Waals surface area contributed by atoms with E-state index in [0.29, 0.717) is 30.8 Å². The molecule has 3 heterocycles. The SMILES string of the molecule is C/C=C\C=C/CC1(C(=O)NC2CCCCC2)Cn2c(cc3oc(C)cc32)C(=O)N1Cc1ccccc1.CC. The van der Waals surface area contributed by atoms with Gasteiger partial charge >= 0.3 is 0 Å². The summed E-state index contributed by atoms with van der Waals surface area (Å²) in [5.74, 6) is 0.573. The molecule has 5 rings (SSSR count). The zero-order valence-corrected chi connectivity index (χ0v) is 23.2. The lowest BCUT2D eigenvalue weighted by Crippen LogP contribution is -2.66. The highest BCUT2D eigenvalue weighted by Crippen LogP contribution is 2.37. The second-order valence-corrected chi connectivity index (χ2v) is 10.1. The van der Waals surface area contributed by atoms with E-state index in [1.165, 1.54) is 6.42 Å². The Kier molecular flexibility index (Phi) is 8.93. The molecule has 1 saturated carbocycles. The van der Waals surface area contributed by atoms with Crippen LogP contribution < -0.4 is 5.32 Å². The van der Waals surface area contributed by atoms with Crippen molar-refractivity contribution in [3.63, 3.8) is 0 Å². The summed E-state index contributed by atoms with van der Waals surface area (Å²) in [7, 11) is 0. The zero-order valence-electron chi connectivity index (χ0n) is 23.2. The largest absolute Gasteiger partial charge is 0.460 e. The molecule has 1 N–H and O–H groups in total. The first kappa shape index (κ1) is 27.5.